The van der Waals surface area contributed by atoms with Crippen LogP contribution in [-0.4, -0.2) is 37.2 Å². The molecule has 0 saturated heterocycles. The van der Waals surface area contributed by atoms with E-state index in [0.29, 0.717) is 19.3 Å². The summed E-state index contributed by atoms with van der Waals surface area (Å²) in [4.78, 5) is 38.2. The van der Waals surface area contributed by atoms with Crippen LogP contribution in [0.3, 0.4) is 0 Å². The molecule has 1 atom stereocenters. The number of ether oxygens (including phenoxy) is 3. The average Bonchev–Trinajstić information content (AvgIpc) is 3.37. The minimum Gasteiger partial charge on any atom is -0.462 e. The van der Waals surface area contributed by atoms with E-state index in [1.807, 2.05) is 6.08 Å². The number of esters is 3. The normalized spacial score (nSPS) is 13.0. The van der Waals surface area contributed by atoms with Crippen molar-refractivity contribution in [1.29, 1.82) is 0 Å². The summed E-state index contributed by atoms with van der Waals surface area (Å²) in [6, 6.07) is 0. The first-order chi connectivity index (χ1) is 35.0. The van der Waals surface area contributed by atoms with Gasteiger partial charge in [-0.3, -0.25) is 14.4 Å². The zero-order valence-corrected chi connectivity index (χ0v) is 45.9. The van der Waals surface area contributed by atoms with Gasteiger partial charge in [-0.2, -0.15) is 0 Å². The predicted molar refractivity (Wildman–Crippen MR) is 306 cm³/mol. The highest BCUT2D eigenvalue weighted by Crippen LogP contribution is 2.14. The summed E-state index contributed by atoms with van der Waals surface area (Å²) in [6.45, 7) is 6.41. The highest BCUT2D eigenvalue weighted by molar-refractivity contribution is 5.71. The molecule has 0 bridgehead atoms. The molecule has 0 amide bonds. The van der Waals surface area contributed by atoms with Gasteiger partial charge in [0.05, 0.1) is 0 Å². The van der Waals surface area contributed by atoms with E-state index in [-0.39, 0.29) is 37.5 Å². The van der Waals surface area contributed by atoms with Crippen LogP contribution in [0.1, 0.15) is 252 Å². The number of unbranched alkanes of at least 4 members (excludes halogenated alkanes) is 20. The van der Waals surface area contributed by atoms with Crippen LogP contribution >= 0.6 is 0 Å². The van der Waals surface area contributed by atoms with Crippen LogP contribution in [0.2, 0.25) is 0 Å². The van der Waals surface area contributed by atoms with E-state index < -0.39 is 6.10 Å². The molecule has 0 rings (SSSR count). The first-order valence-electron chi connectivity index (χ1n) is 29.0. The quantitative estimate of drug-likeness (QED) is 0.0261. The predicted octanol–water partition coefficient (Wildman–Crippen LogP) is 19.6. The van der Waals surface area contributed by atoms with Crippen molar-refractivity contribution in [2.75, 3.05) is 13.2 Å². The molecule has 0 aromatic heterocycles. The minimum absolute atomic E-state index is 0.117. The Labute approximate surface area is 437 Å². The highest BCUT2D eigenvalue weighted by atomic mass is 16.6. The maximum Gasteiger partial charge on any atom is 0.306 e. The number of carbonyl (C=O) groups is 3. The van der Waals surface area contributed by atoms with E-state index in [0.717, 1.165) is 103 Å². The van der Waals surface area contributed by atoms with E-state index in [2.05, 4.69) is 136 Å². The first-order valence-corrected chi connectivity index (χ1v) is 29.0. The van der Waals surface area contributed by atoms with E-state index in [1.165, 1.54) is 103 Å². The maximum absolute atomic E-state index is 12.9. The third-order valence-electron chi connectivity index (χ3n) is 11.9. The lowest BCUT2D eigenvalue weighted by Crippen LogP contribution is -2.30. The summed E-state index contributed by atoms with van der Waals surface area (Å²) >= 11 is 0. The molecule has 6 nitrogen and oxygen atoms in total. The number of carbonyl (C=O) groups excluding carboxylic acids is 3. The summed E-state index contributed by atoms with van der Waals surface area (Å²) in [5.41, 5.74) is 0. The van der Waals surface area contributed by atoms with Crippen molar-refractivity contribution in [2.24, 2.45) is 0 Å². The molecule has 0 spiro atoms. The Kier molecular flexibility index (Phi) is 54.9. The number of hydrogen-bond donors (Lipinski definition) is 0. The zero-order valence-electron chi connectivity index (χ0n) is 45.9. The molecule has 0 heterocycles. The summed E-state index contributed by atoms with van der Waals surface area (Å²) < 4.78 is 16.8. The van der Waals surface area contributed by atoms with Gasteiger partial charge in [-0.1, -0.05) is 232 Å². The topological polar surface area (TPSA) is 78.9 Å². The fourth-order valence-electron chi connectivity index (χ4n) is 7.59. The van der Waals surface area contributed by atoms with Gasteiger partial charge >= 0.3 is 17.9 Å². The van der Waals surface area contributed by atoms with Crippen LogP contribution in [-0.2, 0) is 28.6 Å². The van der Waals surface area contributed by atoms with Gasteiger partial charge < -0.3 is 14.2 Å². The molecular weight excluding hydrogens is 877 g/mol. The molecule has 0 fully saturated rings. The van der Waals surface area contributed by atoms with Crippen molar-refractivity contribution in [1.82, 2.24) is 0 Å². The number of hydrogen-bond acceptors (Lipinski definition) is 6. The van der Waals surface area contributed by atoms with Crippen LogP contribution < -0.4 is 0 Å². The van der Waals surface area contributed by atoms with Crippen molar-refractivity contribution < 1.29 is 28.6 Å². The largest absolute Gasteiger partial charge is 0.462 e. The molecule has 0 N–H and O–H groups in total. The number of rotatable bonds is 51. The fourth-order valence-corrected chi connectivity index (χ4v) is 7.59. The van der Waals surface area contributed by atoms with Crippen LogP contribution in [0.25, 0.3) is 0 Å². The lowest BCUT2D eigenvalue weighted by Gasteiger charge is -2.18. The van der Waals surface area contributed by atoms with Crippen molar-refractivity contribution in [3.8, 4) is 0 Å². The highest BCUT2D eigenvalue weighted by Gasteiger charge is 2.19. The Morgan fingerprint density at radius 1 is 0.296 bits per heavy atom. The van der Waals surface area contributed by atoms with Gasteiger partial charge in [0.25, 0.3) is 0 Å². The lowest BCUT2D eigenvalue weighted by atomic mass is 10.1. The Balaban J connectivity index is 4.56. The SMILES string of the molecule is CC/C=C\C/C=C\C/C=C\C/C=C\C/C=C\C/C=C\CCC(=O)OC[C@H](COC(=O)CCCCCC/C=C\C/C=C\C/C=C\CCCCC)OC(=O)CCCCCCCCC/C=C\CCCCCCCC. The zero-order chi connectivity index (χ0) is 51.4. The molecule has 0 aliphatic carbocycles. The van der Waals surface area contributed by atoms with E-state index >= 15 is 0 Å². The van der Waals surface area contributed by atoms with Crippen LogP contribution in [0.15, 0.2) is 122 Å². The molecular formula is C65H106O6. The van der Waals surface area contributed by atoms with Crippen LogP contribution in [0.5, 0.6) is 0 Å². The first kappa shape index (κ1) is 66.8. The molecule has 0 aliphatic heterocycles. The summed E-state index contributed by atoms with van der Waals surface area (Å²) in [7, 11) is 0. The minimum atomic E-state index is -0.824. The average molecular weight is 984 g/mol. The molecule has 6 heteroatoms. The summed E-state index contributed by atoms with van der Waals surface area (Å²) in [5.74, 6) is -1.03. The molecule has 71 heavy (non-hydrogen) atoms. The second kappa shape index (κ2) is 58.4. The van der Waals surface area contributed by atoms with Crippen molar-refractivity contribution in [3.63, 3.8) is 0 Å². The monoisotopic (exact) mass is 983 g/mol. The fraction of sp³-hybridized carbons (Fsp3) is 0.646. The Morgan fingerprint density at radius 3 is 0.986 bits per heavy atom. The van der Waals surface area contributed by atoms with Gasteiger partial charge in [0.1, 0.15) is 13.2 Å². The van der Waals surface area contributed by atoms with Crippen molar-refractivity contribution in [3.05, 3.63) is 122 Å². The molecule has 0 saturated carbocycles. The third-order valence-corrected chi connectivity index (χ3v) is 11.9. The Hall–Kier alpha value is -4.19. The van der Waals surface area contributed by atoms with Gasteiger partial charge in [-0.15, -0.1) is 0 Å². The molecule has 402 valence electrons. The second-order valence-corrected chi connectivity index (χ2v) is 18.8. The molecule has 0 aromatic carbocycles. The number of allylic oxidation sites excluding steroid dienone is 20. The van der Waals surface area contributed by atoms with Gasteiger partial charge in [0.15, 0.2) is 6.10 Å². The second-order valence-electron chi connectivity index (χ2n) is 18.8. The third kappa shape index (κ3) is 56.6. The molecule has 0 radical (unpaired) electrons. The Bertz CT molecular complexity index is 1500. The van der Waals surface area contributed by atoms with E-state index in [9.17, 15) is 14.4 Å². The molecule has 0 unspecified atom stereocenters. The summed E-state index contributed by atoms with van der Waals surface area (Å²) in [6.07, 6.45) is 80.5. The summed E-state index contributed by atoms with van der Waals surface area (Å²) in [5, 5.41) is 0. The maximum atomic E-state index is 12.9. The lowest BCUT2D eigenvalue weighted by molar-refractivity contribution is -0.166. The van der Waals surface area contributed by atoms with Crippen molar-refractivity contribution >= 4 is 17.9 Å². The van der Waals surface area contributed by atoms with Crippen molar-refractivity contribution in [2.45, 2.75) is 258 Å². The van der Waals surface area contributed by atoms with E-state index in [4.69, 9.17) is 14.2 Å². The smallest absolute Gasteiger partial charge is 0.306 e. The van der Waals surface area contributed by atoms with E-state index in [1.54, 1.807) is 0 Å². The Morgan fingerprint density at radius 2 is 0.577 bits per heavy atom. The molecule has 0 aromatic rings. The standard InChI is InChI=1S/C65H106O6/c1-4-7-10-13-16-19-22-25-28-31-32-35-37-40-43-46-49-52-55-58-64(67)70-61-62(71-65(68)59-56-53-50-47-44-41-38-34-30-27-24-21-18-15-12-9-6-3)60-69-63(66)57-54-51-48-45-42-39-36-33-29-26-23-20-17-14-11-8-5-2/h7,10,16-17,19-20,25-30,32,35-36,39-40,43,49,52,62H,4-6,8-9,11-15,18,21-24,31,33-34,37-38,41-42,44-48,50-51,53-61H2,1-3H3/b10-7-,19-16-,20-17-,28-25-,29-26-,30-27-,35-32-,39-36-,43-40-,52-49-/t62-/m0/s1. The van der Waals surface area contributed by atoms with Crippen LogP contribution in [0.4, 0.5) is 0 Å². The van der Waals surface area contributed by atoms with Gasteiger partial charge in [-0.25, -0.2) is 0 Å². The van der Waals surface area contributed by atoms with Crippen LogP contribution in [0, 0.1) is 0 Å². The van der Waals surface area contributed by atoms with Gasteiger partial charge in [0, 0.05) is 19.3 Å². The molecule has 0 aliphatic rings. The van der Waals surface area contributed by atoms with Gasteiger partial charge in [0.2, 0.25) is 0 Å². The van der Waals surface area contributed by atoms with Gasteiger partial charge in [-0.05, 0) is 122 Å².